The normalized spacial score (nSPS) is 22.0. The molecular formula is C16H23ClN2O2. The molecule has 21 heavy (non-hydrogen) atoms. The van der Waals surface area contributed by atoms with E-state index in [-0.39, 0.29) is 5.91 Å². The van der Waals surface area contributed by atoms with Gasteiger partial charge in [-0.15, -0.1) is 0 Å². The van der Waals surface area contributed by atoms with Gasteiger partial charge >= 0.3 is 0 Å². The van der Waals surface area contributed by atoms with Gasteiger partial charge < -0.3 is 15.8 Å². The fourth-order valence-electron chi connectivity index (χ4n) is 2.62. The topological polar surface area (TPSA) is 64.3 Å². The van der Waals surface area contributed by atoms with Gasteiger partial charge in [-0.25, -0.2) is 0 Å². The van der Waals surface area contributed by atoms with E-state index >= 15 is 0 Å². The molecule has 0 spiro atoms. The quantitative estimate of drug-likeness (QED) is 0.822. The maximum absolute atomic E-state index is 12.0. The van der Waals surface area contributed by atoms with E-state index in [2.05, 4.69) is 5.32 Å². The predicted octanol–water partition coefficient (Wildman–Crippen LogP) is 2.66. The number of carbonyl (C=O) groups is 1. The van der Waals surface area contributed by atoms with Crippen LogP contribution >= 0.6 is 11.6 Å². The van der Waals surface area contributed by atoms with Crippen LogP contribution in [0.3, 0.4) is 0 Å². The summed E-state index contributed by atoms with van der Waals surface area (Å²) in [4.78, 5) is 12.0. The highest BCUT2D eigenvalue weighted by Crippen LogP contribution is 2.19. The zero-order valence-electron chi connectivity index (χ0n) is 12.4. The molecule has 0 unspecified atom stereocenters. The summed E-state index contributed by atoms with van der Waals surface area (Å²) in [5.74, 6) is -0.0848. The summed E-state index contributed by atoms with van der Waals surface area (Å²) in [6.45, 7) is 2.93. The summed E-state index contributed by atoms with van der Waals surface area (Å²) >= 11 is 5.88. The standard InChI is InChI=1S/C16H23ClN2O2/c1-11-10-12(17)2-7-15(11)16(20)19-8-9-21-14-5-3-13(18)4-6-14/h2,7,10,13-14H,3-6,8-9,18H2,1H3,(H,19,20). The highest BCUT2D eigenvalue weighted by atomic mass is 35.5. The molecule has 0 atom stereocenters. The Balaban J connectivity index is 1.69. The molecule has 116 valence electrons. The van der Waals surface area contributed by atoms with Crippen molar-refractivity contribution in [1.82, 2.24) is 5.32 Å². The largest absolute Gasteiger partial charge is 0.376 e. The van der Waals surface area contributed by atoms with E-state index in [0.717, 1.165) is 31.2 Å². The van der Waals surface area contributed by atoms with Crippen molar-refractivity contribution in [3.05, 3.63) is 34.3 Å². The van der Waals surface area contributed by atoms with E-state index in [1.807, 2.05) is 6.92 Å². The smallest absolute Gasteiger partial charge is 0.251 e. The second-order valence-electron chi connectivity index (χ2n) is 5.62. The molecule has 5 heteroatoms. The van der Waals surface area contributed by atoms with Gasteiger partial charge in [0.2, 0.25) is 0 Å². The minimum atomic E-state index is -0.0848. The Bertz CT molecular complexity index is 485. The number of benzene rings is 1. The van der Waals surface area contributed by atoms with Crippen LogP contribution in [0.4, 0.5) is 0 Å². The Morgan fingerprint density at radius 1 is 1.38 bits per heavy atom. The first-order valence-corrected chi connectivity index (χ1v) is 7.85. The molecule has 1 fully saturated rings. The molecule has 0 radical (unpaired) electrons. The van der Waals surface area contributed by atoms with Gasteiger partial charge in [0.05, 0.1) is 12.7 Å². The van der Waals surface area contributed by atoms with Gasteiger partial charge in [0.1, 0.15) is 0 Å². The number of nitrogens with one attached hydrogen (secondary N) is 1. The Kier molecular flexibility index (Phi) is 6.03. The van der Waals surface area contributed by atoms with Crippen molar-refractivity contribution < 1.29 is 9.53 Å². The highest BCUT2D eigenvalue weighted by molar-refractivity contribution is 6.30. The summed E-state index contributed by atoms with van der Waals surface area (Å²) in [6.07, 6.45) is 4.39. The molecule has 4 nitrogen and oxygen atoms in total. The van der Waals surface area contributed by atoms with Crippen LogP contribution in [0, 0.1) is 6.92 Å². The monoisotopic (exact) mass is 310 g/mol. The third-order valence-corrected chi connectivity index (χ3v) is 4.13. The molecule has 1 saturated carbocycles. The lowest BCUT2D eigenvalue weighted by Gasteiger charge is -2.26. The molecule has 1 aliphatic carbocycles. The van der Waals surface area contributed by atoms with Crippen LogP contribution in [0.15, 0.2) is 18.2 Å². The van der Waals surface area contributed by atoms with Crippen molar-refractivity contribution in [2.45, 2.75) is 44.8 Å². The average Bonchev–Trinajstić information content (AvgIpc) is 2.45. The number of hydrogen-bond donors (Lipinski definition) is 2. The van der Waals surface area contributed by atoms with Crippen LogP contribution in [-0.2, 0) is 4.74 Å². The fraction of sp³-hybridized carbons (Fsp3) is 0.562. The molecule has 1 aliphatic rings. The van der Waals surface area contributed by atoms with Crippen LogP contribution in [0.2, 0.25) is 5.02 Å². The number of aryl methyl sites for hydroxylation is 1. The second-order valence-corrected chi connectivity index (χ2v) is 6.06. The number of hydrogen-bond acceptors (Lipinski definition) is 3. The SMILES string of the molecule is Cc1cc(Cl)ccc1C(=O)NCCOC1CCC(N)CC1. The van der Waals surface area contributed by atoms with E-state index in [1.165, 1.54) is 0 Å². The van der Waals surface area contributed by atoms with Crippen molar-refractivity contribution in [3.8, 4) is 0 Å². The molecule has 0 bridgehead atoms. The van der Waals surface area contributed by atoms with Crippen LogP contribution < -0.4 is 11.1 Å². The third-order valence-electron chi connectivity index (χ3n) is 3.89. The average molecular weight is 311 g/mol. The van der Waals surface area contributed by atoms with Crippen molar-refractivity contribution in [2.24, 2.45) is 5.73 Å². The number of nitrogens with two attached hydrogens (primary N) is 1. The summed E-state index contributed by atoms with van der Waals surface area (Å²) in [6, 6.07) is 5.59. The summed E-state index contributed by atoms with van der Waals surface area (Å²) < 4.78 is 5.78. The van der Waals surface area contributed by atoms with E-state index in [0.29, 0.717) is 35.9 Å². The van der Waals surface area contributed by atoms with Crippen molar-refractivity contribution >= 4 is 17.5 Å². The number of carbonyl (C=O) groups excluding carboxylic acids is 1. The van der Waals surface area contributed by atoms with Gasteiger partial charge in [0, 0.05) is 23.2 Å². The summed E-state index contributed by atoms with van der Waals surface area (Å²) in [5.41, 5.74) is 7.39. The Morgan fingerprint density at radius 2 is 2.10 bits per heavy atom. The lowest BCUT2D eigenvalue weighted by atomic mass is 9.94. The number of ether oxygens (including phenoxy) is 1. The van der Waals surface area contributed by atoms with Crippen LogP contribution in [0.5, 0.6) is 0 Å². The van der Waals surface area contributed by atoms with E-state index < -0.39 is 0 Å². The zero-order valence-corrected chi connectivity index (χ0v) is 13.2. The van der Waals surface area contributed by atoms with E-state index in [1.54, 1.807) is 18.2 Å². The van der Waals surface area contributed by atoms with Crippen molar-refractivity contribution in [2.75, 3.05) is 13.2 Å². The van der Waals surface area contributed by atoms with Gasteiger partial charge in [0.15, 0.2) is 0 Å². The lowest BCUT2D eigenvalue weighted by Crippen LogP contribution is -2.33. The predicted molar refractivity (Wildman–Crippen MR) is 84.7 cm³/mol. The van der Waals surface area contributed by atoms with Gasteiger partial charge in [-0.2, -0.15) is 0 Å². The van der Waals surface area contributed by atoms with Crippen LogP contribution in [0.1, 0.15) is 41.6 Å². The van der Waals surface area contributed by atoms with Crippen molar-refractivity contribution in [3.63, 3.8) is 0 Å². The Morgan fingerprint density at radius 3 is 2.76 bits per heavy atom. The minimum absolute atomic E-state index is 0.0848. The van der Waals surface area contributed by atoms with Gasteiger partial charge in [-0.1, -0.05) is 11.6 Å². The molecule has 0 heterocycles. The zero-order chi connectivity index (χ0) is 15.2. The Labute approximate surface area is 131 Å². The molecule has 2 rings (SSSR count). The first kappa shape index (κ1) is 16.3. The van der Waals surface area contributed by atoms with Gasteiger partial charge in [-0.05, 0) is 56.4 Å². The lowest BCUT2D eigenvalue weighted by molar-refractivity contribution is 0.0267. The molecule has 0 saturated heterocycles. The number of amides is 1. The van der Waals surface area contributed by atoms with E-state index in [4.69, 9.17) is 22.1 Å². The highest BCUT2D eigenvalue weighted by Gasteiger charge is 2.18. The van der Waals surface area contributed by atoms with Crippen LogP contribution in [0.25, 0.3) is 0 Å². The first-order chi connectivity index (χ1) is 10.1. The summed E-state index contributed by atoms with van der Waals surface area (Å²) in [7, 11) is 0. The minimum Gasteiger partial charge on any atom is -0.376 e. The molecule has 3 N–H and O–H groups in total. The molecule has 1 amide bonds. The second kappa shape index (κ2) is 7.78. The Hall–Kier alpha value is -1.10. The first-order valence-electron chi connectivity index (χ1n) is 7.48. The fourth-order valence-corrected chi connectivity index (χ4v) is 2.85. The van der Waals surface area contributed by atoms with Crippen LogP contribution in [-0.4, -0.2) is 31.2 Å². The molecular weight excluding hydrogens is 288 g/mol. The molecule has 0 aliphatic heterocycles. The molecule has 0 aromatic heterocycles. The maximum atomic E-state index is 12.0. The third kappa shape index (κ3) is 4.99. The number of halogens is 1. The maximum Gasteiger partial charge on any atom is 0.251 e. The molecule has 1 aromatic carbocycles. The summed E-state index contributed by atoms with van der Waals surface area (Å²) in [5, 5.41) is 3.52. The molecule has 1 aromatic rings. The number of rotatable bonds is 5. The van der Waals surface area contributed by atoms with E-state index in [9.17, 15) is 4.79 Å². The van der Waals surface area contributed by atoms with Gasteiger partial charge in [0.25, 0.3) is 5.91 Å². The van der Waals surface area contributed by atoms with Gasteiger partial charge in [-0.3, -0.25) is 4.79 Å². The van der Waals surface area contributed by atoms with Crippen molar-refractivity contribution in [1.29, 1.82) is 0 Å².